The molecular formula is C9H11NOS. The van der Waals surface area contributed by atoms with Crippen molar-refractivity contribution in [3.8, 4) is 0 Å². The Labute approximate surface area is 76.0 Å². The van der Waals surface area contributed by atoms with Crippen LogP contribution < -0.4 is 0 Å². The van der Waals surface area contributed by atoms with Gasteiger partial charge in [0.05, 0.1) is 10.7 Å². The van der Waals surface area contributed by atoms with Crippen LogP contribution in [0, 0.1) is 13.8 Å². The lowest BCUT2D eigenvalue weighted by Gasteiger charge is -1.84. The monoisotopic (exact) mass is 181 g/mol. The summed E-state index contributed by atoms with van der Waals surface area (Å²) in [6.07, 6.45) is 5.18. The SMILES string of the molecule is Cc1nc(C)c(C=CCC=O)s1. The lowest BCUT2D eigenvalue weighted by atomic mass is 10.3. The second-order valence-corrected chi connectivity index (χ2v) is 3.72. The molecule has 0 aliphatic rings. The summed E-state index contributed by atoms with van der Waals surface area (Å²) in [6.45, 7) is 3.96. The highest BCUT2D eigenvalue weighted by atomic mass is 32.1. The molecule has 0 saturated carbocycles. The summed E-state index contributed by atoms with van der Waals surface area (Å²) in [7, 11) is 0. The molecule has 12 heavy (non-hydrogen) atoms. The molecule has 2 nitrogen and oxygen atoms in total. The first kappa shape index (κ1) is 9.13. The van der Waals surface area contributed by atoms with Crippen LogP contribution in [0.1, 0.15) is 22.0 Å². The van der Waals surface area contributed by atoms with E-state index in [0.717, 1.165) is 21.9 Å². The summed E-state index contributed by atoms with van der Waals surface area (Å²) < 4.78 is 0. The lowest BCUT2D eigenvalue weighted by Crippen LogP contribution is -1.73. The van der Waals surface area contributed by atoms with Crippen molar-refractivity contribution < 1.29 is 4.79 Å². The van der Waals surface area contributed by atoms with Crippen LogP contribution >= 0.6 is 11.3 Å². The predicted molar refractivity (Wildman–Crippen MR) is 51.3 cm³/mol. The van der Waals surface area contributed by atoms with Crippen LogP contribution in [0.5, 0.6) is 0 Å². The highest BCUT2D eigenvalue weighted by molar-refractivity contribution is 7.12. The van der Waals surface area contributed by atoms with Gasteiger partial charge in [-0.05, 0) is 19.9 Å². The maximum atomic E-state index is 10.0. The predicted octanol–water partition coefficient (Wildman–Crippen LogP) is 2.36. The van der Waals surface area contributed by atoms with Crippen LogP contribution in [0.3, 0.4) is 0 Å². The first-order chi connectivity index (χ1) is 5.74. The molecule has 0 atom stereocenters. The van der Waals surface area contributed by atoms with E-state index in [1.54, 1.807) is 11.3 Å². The zero-order valence-corrected chi connectivity index (χ0v) is 8.02. The van der Waals surface area contributed by atoms with Gasteiger partial charge in [-0.15, -0.1) is 11.3 Å². The van der Waals surface area contributed by atoms with Gasteiger partial charge in [0.25, 0.3) is 0 Å². The Morgan fingerprint density at radius 2 is 2.25 bits per heavy atom. The lowest BCUT2D eigenvalue weighted by molar-refractivity contribution is -0.107. The summed E-state index contributed by atoms with van der Waals surface area (Å²) in [4.78, 5) is 15.4. The van der Waals surface area contributed by atoms with Crippen LogP contribution in [-0.4, -0.2) is 11.3 Å². The standard InChI is InChI=1S/C9H11NOS/c1-7-9(5-3-4-6-11)12-8(2)10-7/h3,5-6H,4H2,1-2H3. The molecule has 1 aromatic rings. The number of nitrogens with zero attached hydrogens (tertiary/aromatic N) is 1. The zero-order valence-electron chi connectivity index (χ0n) is 7.20. The highest BCUT2D eigenvalue weighted by Crippen LogP contribution is 2.18. The number of aldehydes is 1. The van der Waals surface area contributed by atoms with E-state index in [9.17, 15) is 4.79 Å². The zero-order chi connectivity index (χ0) is 8.97. The average Bonchev–Trinajstić information content (AvgIpc) is 2.31. The van der Waals surface area contributed by atoms with Crippen molar-refractivity contribution >= 4 is 23.7 Å². The number of carbonyl (C=O) groups is 1. The minimum absolute atomic E-state index is 0.483. The van der Waals surface area contributed by atoms with Gasteiger partial charge in [-0.25, -0.2) is 4.98 Å². The fourth-order valence-corrected chi connectivity index (χ4v) is 1.79. The van der Waals surface area contributed by atoms with E-state index in [1.165, 1.54) is 0 Å². The minimum atomic E-state index is 0.483. The van der Waals surface area contributed by atoms with Crippen LogP contribution in [-0.2, 0) is 4.79 Å². The van der Waals surface area contributed by atoms with Crippen LogP contribution in [0.4, 0.5) is 0 Å². The fourth-order valence-electron chi connectivity index (χ4n) is 0.932. The van der Waals surface area contributed by atoms with E-state index in [1.807, 2.05) is 26.0 Å². The number of rotatable bonds is 3. The Morgan fingerprint density at radius 1 is 1.50 bits per heavy atom. The van der Waals surface area contributed by atoms with Gasteiger partial charge in [-0.2, -0.15) is 0 Å². The highest BCUT2D eigenvalue weighted by Gasteiger charge is 1.99. The molecular weight excluding hydrogens is 170 g/mol. The molecule has 1 aromatic heterocycles. The molecule has 1 heterocycles. The first-order valence-corrected chi connectivity index (χ1v) is 4.60. The molecule has 0 spiro atoms. The smallest absolute Gasteiger partial charge is 0.123 e. The molecule has 0 aliphatic carbocycles. The van der Waals surface area contributed by atoms with Crippen molar-refractivity contribution in [3.63, 3.8) is 0 Å². The molecule has 0 radical (unpaired) electrons. The summed E-state index contributed by atoms with van der Waals surface area (Å²) >= 11 is 1.65. The van der Waals surface area contributed by atoms with E-state index >= 15 is 0 Å². The molecule has 0 unspecified atom stereocenters. The fraction of sp³-hybridized carbons (Fsp3) is 0.333. The maximum absolute atomic E-state index is 10.0. The quantitative estimate of drug-likeness (QED) is 0.670. The number of hydrogen-bond acceptors (Lipinski definition) is 3. The van der Waals surface area contributed by atoms with Gasteiger partial charge >= 0.3 is 0 Å². The van der Waals surface area contributed by atoms with Crippen molar-refractivity contribution in [1.82, 2.24) is 4.98 Å². The van der Waals surface area contributed by atoms with E-state index < -0.39 is 0 Å². The third kappa shape index (κ3) is 2.27. The summed E-state index contributed by atoms with van der Waals surface area (Å²) in [5.74, 6) is 0. The van der Waals surface area contributed by atoms with Crippen molar-refractivity contribution in [2.75, 3.05) is 0 Å². The van der Waals surface area contributed by atoms with Gasteiger partial charge in [0, 0.05) is 11.3 Å². The van der Waals surface area contributed by atoms with Gasteiger partial charge in [0.15, 0.2) is 0 Å². The average molecular weight is 181 g/mol. The summed E-state index contributed by atoms with van der Waals surface area (Å²) in [6, 6.07) is 0. The molecule has 1 rings (SSSR count). The number of aromatic nitrogens is 1. The number of hydrogen-bond donors (Lipinski definition) is 0. The number of carbonyl (C=O) groups excluding carboxylic acids is 1. The molecule has 0 N–H and O–H groups in total. The largest absolute Gasteiger partial charge is 0.303 e. The molecule has 0 fully saturated rings. The second-order valence-electron chi connectivity index (χ2n) is 2.49. The minimum Gasteiger partial charge on any atom is -0.303 e. The van der Waals surface area contributed by atoms with Gasteiger partial charge in [0.1, 0.15) is 6.29 Å². The maximum Gasteiger partial charge on any atom is 0.123 e. The number of aryl methyl sites for hydroxylation is 2. The Hall–Kier alpha value is -0.960. The Bertz CT molecular complexity index is 301. The van der Waals surface area contributed by atoms with Crippen LogP contribution in [0.25, 0.3) is 6.08 Å². The van der Waals surface area contributed by atoms with E-state index in [-0.39, 0.29) is 0 Å². The van der Waals surface area contributed by atoms with Crippen molar-refractivity contribution in [2.24, 2.45) is 0 Å². The van der Waals surface area contributed by atoms with Crippen LogP contribution in [0.15, 0.2) is 6.08 Å². The van der Waals surface area contributed by atoms with Crippen molar-refractivity contribution in [3.05, 3.63) is 21.7 Å². The van der Waals surface area contributed by atoms with E-state index in [4.69, 9.17) is 0 Å². The number of allylic oxidation sites excluding steroid dienone is 1. The molecule has 3 heteroatoms. The molecule has 0 aliphatic heterocycles. The van der Waals surface area contributed by atoms with Crippen molar-refractivity contribution in [1.29, 1.82) is 0 Å². The second kappa shape index (κ2) is 4.16. The van der Waals surface area contributed by atoms with Gasteiger partial charge in [0.2, 0.25) is 0 Å². The number of thiazole rings is 1. The molecule has 0 bridgehead atoms. The normalized spacial score (nSPS) is 10.8. The Morgan fingerprint density at radius 3 is 2.75 bits per heavy atom. The van der Waals surface area contributed by atoms with E-state index in [0.29, 0.717) is 6.42 Å². The Kier molecular flexibility index (Phi) is 3.17. The van der Waals surface area contributed by atoms with Crippen LogP contribution in [0.2, 0.25) is 0 Å². The van der Waals surface area contributed by atoms with Crippen molar-refractivity contribution in [2.45, 2.75) is 20.3 Å². The van der Waals surface area contributed by atoms with Gasteiger partial charge < -0.3 is 4.79 Å². The van der Waals surface area contributed by atoms with Gasteiger partial charge in [-0.1, -0.05) is 6.08 Å². The van der Waals surface area contributed by atoms with E-state index in [2.05, 4.69) is 4.98 Å². The molecule has 0 saturated heterocycles. The topological polar surface area (TPSA) is 30.0 Å². The third-order valence-electron chi connectivity index (χ3n) is 1.44. The van der Waals surface area contributed by atoms with Gasteiger partial charge in [-0.3, -0.25) is 0 Å². The Balaban J connectivity index is 2.74. The summed E-state index contributed by atoms with van der Waals surface area (Å²) in [5.41, 5.74) is 1.04. The molecule has 0 aromatic carbocycles. The summed E-state index contributed by atoms with van der Waals surface area (Å²) in [5, 5.41) is 1.07. The third-order valence-corrected chi connectivity index (χ3v) is 2.48. The first-order valence-electron chi connectivity index (χ1n) is 3.78. The molecule has 64 valence electrons. The molecule has 0 amide bonds.